The fraction of sp³-hybridized carbons (Fsp3) is 0.0800. The molecule has 0 atom stereocenters. The highest BCUT2D eigenvalue weighted by Crippen LogP contribution is 2.31. The first-order valence-corrected chi connectivity index (χ1v) is 11.5. The second-order valence-electron chi connectivity index (χ2n) is 7.65. The molecule has 3 amide bonds. The van der Waals surface area contributed by atoms with E-state index in [2.05, 4.69) is 33.2 Å². The van der Waals surface area contributed by atoms with Gasteiger partial charge >= 0.3 is 0 Å². The van der Waals surface area contributed by atoms with Crippen LogP contribution >= 0.6 is 34.2 Å². The summed E-state index contributed by atoms with van der Waals surface area (Å²) in [6, 6.07) is 19.5. The molecule has 0 aromatic heterocycles. The molecule has 0 bridgehead atoms. The molecule has 0 aliphatic carbocycles. The van der Waals surface area contributed by atoms with Gasteiger partial charge in [0.1, 0.15) is 10.7 Å². The Bertz CT molecular complexity index is 1300. The molecule has 0 saturated heterocycles. The minimum absolute atomic E-state index is 0.0315. The lowest BCUT2D eigenvalue weighted by Crippen LogP contribution is -2.32. The van der Waals surface area contributed by atoms with Gasteiger partial charge in [-0.3, -0.25) is 14.4 Å². The van der Waals surface area contributed by atoms with Gasteiger partial charge in [0.15, 0.2) is 0 Å². The molecule has 0 saturated carbocycles. The first-order valence-electron chi connectivity index (χ1n) is 10.0. The Morgan fingerprint density at radius 2 is 1.55 bits per heavy atom. The molecule has 6 nitrogen and oxygen atoms in total. The van der Waals surface area contributed by atoms with Crippen molar-refractivity contribution in [3.8, 4) is 0 Å². The molecular formula is C25H19ClIN3O3. The highest BCUT2D eigenvalue weighted by molar-refractivity contribution is 14.1. The van der Waals surface area contributed by atoms with Crippen molar-refractivity contribution < 1.29 is 14.4 Å². The number of carbonyl (C=O) groups is 3. The molecule has 3 aromatic rings. The zero-order chi connectivity index (χ0) is 23.7. The average molecular weight is 572 g/mol. The first-order chi connectivity index (χ1) is 15.7. The zero-order valence-electron chi connectivity index (χ0n) is 17.8. The van der Waals surface area contributed by atoms with Gasteiger partial charge in [0.2, 0.25) is 0 Å². The minimum atomic E-state index is -0.596. The van der Waals surface area contributed by atoms with Crippen molar-refractivity contribution in [3.05, 3.63) is 97.7 Å². The van der Waals surface area contributed by atoms with Crippen LogP contribution in [-0.4, -0.2) is 17.7 Å². The molecule has 1 aliphatic heterocycles. The van der Waals surface area contributed by atoms with Gasteiger partial charge in [-0.1, -0.05) is 23.7 Å². The molecule has 8 heteroatoms. The van der Waals surface area contributed by atoms with Crippen molar-refractivity contribution in [2.45, 2.75) is 13.8 Å². The van der Waals surface area contributed by atoms with Gasteiger partial charge in [-0.2, -0.15) is 0 Å². The summed E-state index contributed by atoms with van der Waals surface area (Å²) in [5.41, 5.74) is 3.80. The van der Waals surface area contributed by atoms with E-state index in [0.29, 0.717) is 22.6 Å². The number of nitrogens with zero attached hydrogens (tertiary/aromatic N) is 1. The molecule has 0 radical (unpaired) electrons. The maximum Gasteiger partial charge on any atom is 0.283 e. The maximum atomic E-state index is 13.1. The van der Waals surface area contributed by atoms with E-state index in [1.807, 2.05) is 44.2 Å². The van der Waals surface area contributed by atoms with E-state index < -0.39 is 11.8 Å². The summed E-state index contributed by atoms with van der Waals surface area (Å²) in [4.78, 5) is 39.5. The second-order valence-corrected chi connectivity index (χ2v) is 9.27. The second kappa shape index (κ2) is 9.36. The maximum absolute atomic E-state index is 13.1. The summed E-state index contributed by atoms with van der Waals surface area (Å²) < 4.78 is 1.06. The van der Waals surface area contributed by atoms with E-state index in [-0.39, 0.29) is 16.6 Å². The average Bonchev–Trinajstić information content (AvgIpc) is 2.98. The summed E-state index contributed by atoms with van der Waals surface area (Å²) in [5, 5.41) is 5.55. The smallest absolute Gasteiger partial charge is 0.283 e. The highest BCUT2D eigenvalue weighted by Gasteiger charge is 2.39. The molecule has 0 fully saturated rings. The van der Waals surface area contributed by atoms with Gasteiger partial charge < -0.3 is 10.6 Å². The number of halogens is 2. The molecule has 33 heavy (non-hydrogen) atoms. The lowest BCUT2D eigenvalue weighted by molar-refractivity contribution is -0.120. The van der Waals surface area contributed by atoms with Crippen LogP contribution in [0.1, 0.15) is 21.5 Å². The number of benzene rings is 3. The molecule has 4 rings (SSSR count). The molecule has 0 unspecified atom stereocenters. The largest absolute Gasteiger partial charge is 0.350 e. The minimum Gasteiger partial charge on any atom is -0.350 e. The number of aryl methyl sites for hydroxylation is 2. The fourth-order valence-corrected chi connectivity index (χ4v) is 4.12. The van der Waals surface area contributed by atoms with Crippen molar-refractivity contribution in [2.75, 3.05) is 15.5 Å². The van der Waals surface area contributed by atoms with Crippen molar-refractivity contribution >= 4 is 69.0 Å². The Labute approximate surface area is 209 Å². The SMILES string of the molecule is Cc1cc(C)cc(N2C(=O)C(Cl)=C(Nc3cccc(C(=O)Nc4ccc(I)cc4)c3)C2=O)c1. The standard InChI is InChI=1S/C25H19ClIN3O3/c1-14-10-15(2)12-20(11-14)30-24(32)21(26)22(25(30)33)28-19-5-3-4-16(13-19)23(31)29-18-8-6-17(27)7-9-18/h3-13,28H,1-2H3,(H,29,31). The third kappa shape index (κ3) is 4.94. The van der Waals surface area contributed by atoms with Gasteiger partial charge in [0, 0.05) is 20.5 Å². The summed E-state index contributed by atoms with van der Waals surface area (Å²) in [5.74, 6) is -1.45. The van der Waals surface area contributed by atoms with Gasteiger partial charge in [0.05, 0.1) is 5.69 Å². The Kier molecular flexibility index (Phi) is 6.53. The summed E-state index contributed by atoms with van der Waals surface area (Å²) in [6.45, 7) is 3.78. The van der Waals surface area contributed by atoms with E-state index >= 15 is 0 Å². The van der Waals surface area contributed by atoms with Crippen LogP contribution in [0.2, 0.25) is 0 Å². The molecule has 2 N–H and O–H groups in total. The molecule has 1 aliphatic rings. The van der Waals surface area contributed by atoms with Crippen LogP contribution in [0.3, 0.4) is 0 Å². The summed E-state index contributed by atoms with van der Waals surface area (Å²) >= 11 is 8.44. The molecule has 166 valence electrons. The van der Waals surface area contributed by atoms with Gasteiger partial charge in [-0.05, 0) is 102 Å². The molecular weight excluding hydrogens is 553 g/mol. The van der Waals surface area contributed by atoms with E-state index in [0.717, 1.165) is 19.6 Å². The fourth-order valence-electron chi connectivity index (χ4n) is 3.54. The van der Waals surface area contributed by atoms with Crippen molar-refractivity contribution in [1.29, 1.82) is 0 Å². The van der Waals surface area contributed by atoms with Crippen LogP contribution in [0.5, 0.6) is 0 Å². The van der Waals surface area contributed by atoms with Crippen LogP contribution < -0.4 is 15.5 Å². The van der Waals surface area contributed by atoms with Gasteiger partial charge in [0.25, 0.3) is 17.7 Å². The van der Waals surface area contributed by atoms with E-state index in [1.54, 1.807) is 36.4 Å². The van der Waals surface area contributed by atoms with Crippen LogP contribution in [-0.2, 0) is 9.59 Å². The van der Waals surface area contributed by atoms with Crippen LogP contribution in [0, 0.1) is 17.4 Å². The van der Waals surface area contributed by atoms with Crippen LogP contribution in [0.4, 0.5) is 17.1 Å². The number of amides is 3. The number of rotatable bonds is 5. The normalized spacial score (nSPS) is 13.5. The Morgan fingerprint density at radius 3 is 2.21 bits per heavy atom. The van der Waals surface area contributed by atoms with Crippen LogP contribution in [0.25, 0.3) is 0 Å². The zero-order valence-corrected chi connectivity index (χ0v) is 20.7. The highest BCUT2D eigenvalue weighted by atomic mass is 127. The van der Waals surface area contributed by atoms with Crippen molar-refractivity contribution in [1.82, 2.24) is 0 Å². The third-order valence-electron chi connectivity index (χ3n) is 4.99. The number of nitrogens with one attached hydrogen (secondary N) is 2. The topological polar surface area (TPSA) is 78.5 Å². The summed E-state index contributed by atoms with van der Waals surface area (Å²) in [7, 11) is 0. The Morgan fingerprint density at radius 1 is 0.879 bits per heavy atom. The monoisotopic (exact) mass is 571 g/mol. The Hall–Kier alpha value is -3.17. The number of hydrogen-bond donors (Lipinski definition) is 2. The van der Waals surface area contributed by atoms with E-state index in [9.17, 15) is 14.4 Å². The van der Waals surface area contributed by atoms with Crippen molar-refractivity contribution in [3.63, 3.8) is 0 Å². The van der Waals surface area contributed by atoms with Gasteiger partial charge in [-0.25, -0.2) is 4.90 Å². The lowest BCUT2D eigenvalue weighted by Gasteiger charge is -2.16. The molecule has 3 aromatic carbocycles. The van der Waals surface area contributed by atoms with Gasteiger partial charge in [-0.15, -0.1) is 0 Å². The van der Waals surface area contributed by atoms with Crippen molar-refractivity contribution in [2.24, 2.45) is 0 Å². The number of anilines is 3. The van der Waals surface area contributed by atoms with E-state index in [1.165, 1.54) is 0 Å². The first kappa shape index (κ1) is 23.0. The number of carbonyl (C=O) groups excluding carboxylic acids is 3. The van der Waals surface area contributed by atoms with E-state index in [4.69, 9.17) is 11.6 Å². The predicted octanol–water partition coefficient (Wildman–Crippen LogP) is 5.60. The Balaban J connectivity index is 1.55. The number of imide groups is 1. The third-order valence-corrected chi connectivity index (χ3v) is 6.06. The molecule has 0 spiro atoms. The van der Waals surface area contributed by atoms with Crippen LogP contribution in [0.15, 0.2) is 77.5 Å². The summed E-state index contributed by atoms with van der Waals surface area (Å²) in [6.07, 6.45) is 0. The number of hydrogen-bond acceptors (Lipinski definition) is 4. The molecule has 1 heterocycles. The predicted molar refractivity (Wildman–Crippen MR) is 138 cm³/mol. The quantitative estimate of drug-likeness (QED) is 0.309. The lowest BCUT2D eigenvalue weighted by atomic mass is 10.1.